The Morgan fingerprint density at radius 1 is 1.00 bits per heavy atom. The van der Waals surface area contributed by atoms with Crippen LogP contribution in [-0.2, 0) is 0 Å². The normalized spacial score (nSPS) is 10.2. The third kappa shape index (κ3) is 2.47. The summed E-state index contributed by atoms with van der Waals surface area (Å²) in [5, 5.41) is 20.8. The Labute approximate surface area is 109 Å². The summed E-state index contributed by atoms with van der Waals surface area (Å²) in [7, 11) is 0. The average Bonchev–Trinajstić information content (AvgIpc) is 2.38. The minimum absolute atomic E-state index is 0.0145. The van der Waals surface area contributed by atoms with E-state index in [0.29, 0.717) is 0 Å². The number of carboxylic acids is 1. The zero-order chi connectivity index (χ0) is 14.0. The van der Waals surface area contributed by atoms with Crippen LogP contribution in [0.15, 0.2) is 42.5 Å². The average molecular weight is 255 g/mol. The summed E-state index contributed by atoms with van der Waals surface area (Å²) < 4.78 is 0. The van der Waals surface area contributed by atoms with Gasteiger partial charge in [0.25, 0.3) is 0 Å². The van der Waals surface area contributed by atoms with E-state index in [9.17, 15) is 14.7 Å². The van der Waals surface area contributed by atoms with Crippen LogP contribution in [0.2, 0.25) is 0 Å². The van der Waals surface area contributed by atoms with Gasteiger partial charge in [0.15, 0.2) is 5.78 Å². The molecule has 0 saturated heterocycles. The van der Waals surface area contributed by atoms with Crippen molar-refractivity contribution in [1.82, 2.24) is 0 Å². The first-order valence-corrected chi connectivity index (χ1v) is 5.65. The van der Waals surface area contributed by atoms with Gasteiger partial charge in [-0.1, -0.05) is 47.7 Å². The number of ketones is 1. The third-order valence-electron chi connectivity index (χ3n) is 2.78. The molecule has 0 aliphatic carbocycles. The van der Waals surface area contributed by atoms with E-state index in [4.69, 9.17) is 5.11 Å². The Morgan fingerprint density at radius 2 is 1.63 bits per heavy atom. The molecule has 0 aromatic heterocycles. The number of aromatic carboxylic acids is 1. The maximum atomic E-state index is 12.2. The Morgan fingerprint density at radius 3 is 2.21 bits per heavy atom. The molecule has 0 spiro atoms. The van der Waals surface area contributed by atoms with E-state index in [1.807, 2.05) is 0 Å². The van der Waals surface area contributed by atoms with E-state index in [2.05, 4.69) is 0 Å². The van der Waals surface area contributed by atoms with Gasteiger partial charge < -0.3 is 10.2 Å². The molecule has 2 rings (SSSR count). The van der Waals surface area contributed by atoms with Gasteiger partial charge >= 0.3 is 5.97 Å². The van der Waals surface area contributed by atoms with Crippen LogP contribution in [0.3, 0.4) is 0 Å². The lowest BCUT2D eigenvalue weighted by Crippen LogP contribution is -2.11. The van der Waals surface area contributed by atoms with E-state index in [-0.39, 0.29) is 16.7 Å². The standard InChI is InChI=1S/C15H12O4/c1-9-6-7-12(13(16)8-9)14(17)10-4-2-3-5-11(10)15(18)19/h2-8,16H,1H3,(H,18,19)/p-1. The molecule has 4 heteroatoms. The van der Waals surface area contributed by atoms with Crippen molar-refractivity contribution < 1.29 is 19.8 Å². The van der Waals surface area contributed by atoms with Gasteiger partial charge in [-0.05, 0) is 13.0 Å². The van der Waals surface area contributed by atoms with Crippen LogP contribution < -0.4 is 5.11 Å². The quantitative estimate of drug-likeness (QED) is 0.851. The molecule has 1 N–H and O–H groups in total. The van der Waals surface area contributed by atoms with Crippen molar-refractivity contribution in [3.8, 4) is 5.75 Å². The second-order valence-electron chi connectivity index (χ2n) is 4.18. The molecule has 0 aliphatic heterocycles. The Kier molecular flexibility index (Phi) is 3.33. The number of carbonyl (C=O) groups excluding carboxylic acids is 1. The monoisotopic (exact) mass is 255 g/mol. The summed E-state index contributed by atoms with van der Waals surface area (Å²) in [5.74, 6) is -2.16. The highest BCUT2D eigenvalue weighted by Gasteiger charge is 2.17. The van der Waals surface area contributed by atoms with Gasteiger partial charge in [0.1, 0.15) is 0 Å². The second kappa shape index (κ2) is 4.94. The maximum Gasteiger partial charge on any atom is 0.336 e. The molecule has 4 nitrogen and oxygen atoms in total. The van der Waals surface area contributed by atoms with Crippen LogP contribution in [0.1, 0.15) is 31.8 Å². The number of carbonyl (C=O) groups is 2. The molecule has 19 heavy (non-hydrogen) atoms. The number of hydrogen-bond acceptors (Lipinski definition) is 3. The molecule has 0 unspecified atom stereocenters. The highest BCUT2D eigenvalue weighted by Crippen LogP contribution is 2.21. The first-order chi connectivity index (χ1) is 9.00. The third-order valence-corrected chi connectivity index (χ3v) is 2.78. The SMILES string of the molecule is Cc1ccc(C(=O)c2ccccc2C(=O)O)c([O-])c1. The molecule has 0 fully saturated rings. The first kappa shape index (κ1) is 12.8. The van der Waals surface area contributed by atoms with Crippen LogP contribution in [0.25, 0.3) is 0 Å². The summed E-state index contributed by atoms with van der Waals surface area (Å²) in [6, 6.07) is 10.3. The predicted octanol–water partition coefficient (Wildman–Crippen LogP) is 2.00. The zero-order valence-corrected chi connectivity index (χ0v) is 10.2. The van der Waals surface area contributed by atoms with Gasteiger partial charge in [-0.2, -0.15) is 0 Å². The van der Waals surface area contributed by atoms with E-state index < -0.39 is 17.5 Å². The van der Waals surface area contributed by atoms with E-state index in [1.165, 1.54) is 30.3 Å². The molecule has 0 amide bonds. The van der Waals surface area contributed by atoms with Gasteiger partial charge in [0.05, 0.1) is 5.56 Å². The molecular formula is C15H11O4-. The molecule has 0 saturated carbocycles. The van der Waals surface area contributed by atoms with Crippen molar-refractivity contribution >= 4 is 11.8 Å². The van der Waals surface area contributed by atoms with Crippen LogP contribution in [0.5, 0.6) is 5.75 Å². The maximum absolute atomic E-state index is 12.2. The van der Waals surface area contributed by atoms with Crippen molar-refractivity contribution in [2.24, 2.45) is 0 Å². The number of hydrogen-bond donors (Lipinski definition) is 1. The molecule has 0 heterocycles. The van der Waals surface area contributed by atoms with Crippen molar-refractivity contribution in [3.05, 3.63) is 64.7 Å². The summed E-state index contributed by atoms with van der Waals surface area (Å²) in [6.07, 6.45) is 0. The molecular weight excluding hydrogens is 244 g/mol. The number of aryl methyl sites for hydroxylation is 1. The van der Waals surface area contributed by atoms with Gasteiger partial charge in [-0.25, -0.2) is 4.79 Å². The van der Waals surface area contributed by atoms with E-state index in [1.54, 1.807) is 19.1 Å². The lowest BCUT2D eigenvalue weighted by molar-refractivity contribution is -0.268. The lowest BCUT2D eigenvalue weighted by Gasteiger charge is -2.14. The highest BCUT2D eigenvalue weighted by atomic mass is 16.4. The van der Waals surface area contributed by atoms with Crippen molar-refractivity contribution in [1.29, 1.82) is 0 Å². The summed E-state index contributed by atoms with van der Waals surface area (Å²) >= 11 is 0. The second-order valence-corrected chi connectivity index (χ2v) is 4.18. The molecule has 0 radical (unpaired) electrons. The fourth-order valence-electron chi connectivity index (χ4n) is 1.83. The number of rotatable bonds is 3. The minimum Gasteiger partial charge on any atom is -0.872 e. The molecule has 2 aromatic carbocycles. The Hall–Kier alpha value is -2.62. The van der Waals surface area contributed by atoms with Crippen molar-refractivity contribution in [2.75, 3.05) is 0 Å². The molecule has 2 aromatic rings. The Balaban J connectivity index is 2.53. The van der Waals surface area contributed by atoms with Gasteiger partial charge in [0.2, 0.25) is 0 Å². The van der Waals surface area contributed by atoms with Gasteiger partial charge in [0, 0.05) is 11.1 Å². The smallest absolute Gasteiger partial charge is 0.336 e. The molecule has 0 bridgehead atoms. The largest absolute Gasteiger partial charge is 0.872 e. The lowest BCUT2D eigenvalue weighted by atomic mass is 9.97. The highest BCUT2D eigenvalue weighted by molar-refractivity contribution is 6.15. The minimum atomic E-state index is -1.19. The van der Waals surface area contributed by atoms with Gasteiger partial charge in [-0.15, -0.1) is 0 Å². The summed E-state index contributed by atoms with van der Waals surface area (Å²) in [4.78, 5) is 23.3. The Bertz CT molecular complexity index is 659. The van der Waals surface area contributed by atoms with Crippen LogP contribution in [-0.4, -0.2) is 16.9 Å². The number of benzene rings is 2. The zero-order valence-electron chi connectivity index (χ0n) is 10.2. The first-order valence-electron chi connectivity index (χ1n) is 5.65. The molecule has 96 valence electrons. The van der Waals surface area contributed by atoms with Crippen LogP contribution in [0.4, 0.5) is 0 Å². The van der Waals surface area contributed by atoms with Crippen LogP contribution >= 0.6 is 0 Å². The fourth-order valence-corrected chi connectivity index (χ4v) is 1.83. The van der Waals surface area contributed by atoms with E-state index in [0.717, 1.165) is 5.56 Å². The topological polar surface area (TPSA) is 77.4 Å². The predicted molar refractivity (Wildman–Crippen MR) is 67.5 cm³/mol. The molecule has 0 aliphatic rings. The van der Waals surface area contributed by atoms with Crippen molar-refractivity contribution in [3.63, 3.8) is 0 Å². The van der Waals surface area contributed by atoms with E-state index >= 15 is 0 Å². The van der Waals surface area contributed by atoms with Crippen molar-refractivity contribution in [2.45, 2.75) is 6.92 Å². The van der Waals surface area contributed by atoms with Gasteiger partial charge in [-0.3, -0.25) is 4.79 Å². The summed E-state index contributed by atoms with van der Waals surface area (Å²) in [6.45, 7) is 1.75. The van der Waals surface area contributed by atoms with Crippen LogP contribution in [0, 0.1) is 6.92 Å². The summed E-state index contributed by atoms with van der Waals surface area (Å²) in [5.41, 5.74) is 0.663. The number of carboxylic acid groups (broad SMARTS) is 1. The fraction of sp³-hybridized carbons (Fsp3) is 0.0667. The molecule has 0 atom stereocenters.